The molecule has 2 heterocycles. The summed E-state index contributed by atoms with van der Waals surface area (Å²) < 4.78 is 7.53. The second-order valence-corrected chi connectivity index (χ2v) is 5.50. The van der Waals surface area contributed by atoms with Gasteiger partial charge in [-0.05, 0) is 12.0 Å². The Labute approximate surface area is 171 Å². The number of hydrogen-bond donors (Lipinski definition) is 2. The van der Waals surface area contributed by atoms with Crippen LogP contribution in [0.1, 0.15) is 31.7 Å². The van der Waals surface area contributed by atoms with Crippen LogP contribution in [-0.2, 0) is 19.5 Å². The Kier molecular flexibility index (Phi) is 10.6. The summed E-state index contributed by atoms with van der Waals surface area (Å²) in [5, 5.41) is 14.6. The fraction of sp³-hybridized carbons (Fsp3) is 0.529. The Bertz CT molecular complexity index is 657. The van der Waals surface area contributed by atoms with E-state index in [-0.39, 0.29) is 24.0 Å². The Morgan fingerprint density at radius 3 is 2.77 bits per heavy atom. The Hall–Kier alpha value is -1.91. The molecule has 0 aliphatic carbocycles. The largest absolute Gasteiger partial charge is 0.478 e. The standard InChI is InChI=1S/C17H27N7O.HI/c1-4-10-25-16-7-6-14(11-20-16)12-21-17(18-3)19-8-9-24-13-22-23-15(24)5-2;/h6-7,11,13H,4-5,8-10,12H2,1-3H3,(H2,18,19,21);1H. The smallest absolute Gasteiger partial charge is 0.213 e. The third-order valence-corrected chi connectivity index (χ3v) is 3.59. The van der Waals surface area contributed by atoms with Crippen molar-refractivity contribution in [1.29, 1.82) is 0 Å². The van der Waals surface area contributed by atoms with E-state index in [0.717, 1.165) is 43.3 Å². The van der Waals surface area contributed by atoms with Crippen LogP contribution in [0.15, 0.2) is 29.6 Å². The van der Waals surface area contributed by atoms with E-state index in [1.165, 1.54) is 0 Å². The number of hydrogen-bond acceptors (Lipinski definition) is 5. The molecule has 0 amide bonds. The summed E-state index contributed by atoms with van der Waals surface area (Å²) in [5.41, 5.74) is 1.07. The maximum absolute atomic E-state index is 5.48. The zero-order valence-corrected chi connectivity index (χ0v) is 17.9. The van der Waals surface area contributed by atoms with Gasteiger partial charge in [0.05, 0.1) is 6.61 Å². The topological polar surface area (TPSA) is 89.2 Å². The van der Waals surface area contributed by atoms with Crippen LogP contribution in [0, 0.1) is 0 Å². The van der Waals surface area contributed by atoms with E-state index in [2.05, 4.69) is 44.7 Å². The van der Waals surface area contributed by atoms with Gasteiger partial charge < -0.3 is 19.9 Å². The van der Waals surface area contributed by atoms with Gasteiger partial charge in [0.1, 0.15) is 12.2 Å². The molecule has 2 aromatic heterocycles. The van der Waals surface area contributed by atoms with Crippen molar-refractivity contribution in [3.63, 3.8) is 0 Å². The van der Waals surface area contributed by atoms with Gasteiger partial charge in [0.25, 0.3) is 0 Å². The number of guanidine groups is 1. The molecule has 26 heavy (non-hydrogen) atoms. The number of nitrogens with one attached hydrogen (secondary N) is 2. The predicted octanol–water partition coefficient (Wildman–Crippen LogP) is 2.01. The zero-order chi connectivity index (χ0) is 17.9. The molecule has 0 radical (unpaired) electrons. The molecule has 0 aromatic carbocycles. The lowest BCUT2D eigenvalue weighted by Gasteiger charge is -2.13. The summed E-state index contributed by atoms with van der Waals surface area (Å²) in [7, 11) is 1.76. The average molecular weight is 473 g/mol. The lowest BCUT2D eigenvalue weighted by atomic mass is 10.3. The molecule has 0 unspecified atom stereocenters. The second-order valence-electron chi connectivity index (χ2n) is 5.50. The summed E-state index contributed by atoms with van der Waals surface area (Å²) in [6, 6.07) is 3.89. The minimum Gasteiger partial charge on any atom is -0.478 e. The molecule has 0 saturated heterocycles. The van der Waals surface area contributed by atoms with Crippen molar-refractivity contribution in [1.82, 2.24) is 30.4 Å². The zero-order valence-electron chi connectivity index (χ0n) is 15.6. The number of ether oxygens (including phenoxy) is 1. The van der Waals surface area contributed by atoms with Crippen molar-refractivity contribution in [2.75, 3.05) is 20.2 Å². The van der Waals surface area contributed by atoms with Gasteiger partial charge >= 0.3 is 0 Å². The highest BCUT2D eigenvalue weighted by atomic mass is 127. The summed E-state index contributed by atoms with van der Waals surface area (Å²) >= 11 is 0. The van der Waals surface area contributed by atoms with Crippen LogP contribution < -0.4 is 15.4 Å². The molecule has 0 aliphatic rings. The van der Waals surface area contributed by atoms with E-state index in [0.29, 0.717) is 19.0 Å². The second kappa shape index (κ2) is 12.4. The number of aliphatic imine (C=N–C) groups is 1. The summed E-state index contributed by atoms with van der Waals surface area (Å²) in [6.07, 6.45) is 5.42. The molecule has 144 valence electrons. The van der Waals surface area contributed by atoms with Gasteiger partial charge in [-0.15, -0.1) is 34.2 Å². The number of aryl methyl sites for hydroxylation is 1. The number of halogens is 1. The fourth-order valence-electron chi connectivity index (χ4n) is 2.25. The van der Waals surface area contributed by atoms with Crippen molar-refractivity contribution in [3.05, 3.63) is 36.0 Å². The molecule has 2 N–H and O–H groups in total. The Morgan fingerprint density at radius 2 is 2.12 bits per heavy atom. The minimum atomic E-state index is 0. The SMILES string of the molecule is CCCOc1ccc(CNC(=NC)NCCn2cnnc2CC)cn1.I. The molecule has 0 fully saturated rings. The van der Waals surface area contributed by atoms with E-state index >= 15 is 0 Å². The van der Waals surface area contributed by atoms with E-state index in [1.54, 1.807) is 13.4 Å². The molecule has 0 spiro atoms. The number of pyridine rings is 1. The van der Waals surface area contributed by atoms with Crippen molar-refractivity contribution in [2.24, 2.45) is 4.99 Å². The van der Waals surface area contributed by atoms with Gasteiger partial charge in [0.15, 0.2) is 5.96 Å². The molecule has 0 saturated carbocycles. The monoisotopic (exact) mass is 473 g/mol. The molecule has 8 nitrogen and oxygen atoms in total. The maximum Gasteiger partial charge on any atom is 0.213 e. The van der Waals surface area contributed by atoms with Gasteiger partial charge in [-0.3, -0.25) is 4.99 Å². The van der Waals surface area contributed by atoms with Crippen molar-refractivity contribution in [2.45, 2.75) is 39.8 Å². The maximum atomic E-state index is 5.48. The van der Waals surface area contributed by atoms with Gasteiger partial charge in [0.2, 0.25) is 5.88 Å². The van der Waals surface area contributed by atoms with Crippen LogP contribution in [0.4, 0.5) is 0 Å². The third kappa shape index (κ3) is 7.14. The fourth-order valence-corrected chi connectivity index (χ4v) is 2.25. The van der Waals surface area contributed by atoms with Crippen LogP contribution in [0.3, 0.4) is 0 Å². The van der Waals surface area contributed by atoms with Crippen LogP contribution in [0.25, 0.3) is 0 Å². The number of aromatic nitrogens is 4. The molecule has 2 rings (SSSR count). The summed E-state index contributed by atoms with van der Waals surface area (Å²) in [6.45, 7) is 7.01. The van der Waals surface area contributed by atoms with Crippen LogP contribution >= 0.6 is 24.0 Å². The van der Waals surface area contributed by atoms with Crippen molar-refractivity contribution >= 4 is 29.9 Å². The van der Waals surface area contributed by atoms with Crippen LogP contribution in [-0.4, -0.2) is 45.9 Å². The lowest BCUT2D eigenvalue weighted by molar-refractivity contribution is 0.305. The Morgan fingerprint density at radius 1 is 1.27 bits per heavy atom. The molecule has 0 aliphatic heterocycles. The van der Waals surface area contributed by atoms with Crippen molar-refractivity contribution in [3.8, 4) is 5.88 Å². The summed E-state index contributed by atoms with van der Waals surface area (Å²) in [4.78, 5) is 8.53. The predicted molar refractivity (Wildman–Crippen MR) is 113 cm³/mol. The highest BCUT2D eigenvalue weighted by molar-refractivity contribution is 14.0. The molecule has 0 atom stereocenters. The summed E-state index contributed by atoms with van der Waals surface area (Å²) in [5.74, 6) is 2.40. The molecule has 2 aromatic rings. The first kappa shape index (κ1) is 22.1. The van der Waals surface area contributed by atoms with E-state index in [9.17, 15) is 0 Å². The first-order valence-corrected chi connectivity index (χ1v) is 8.65. The molecule has 0 bridgehead atoms. The Balaban J connectivity index is 0.00000338. The van der Waals surface area contributed by atoms with E-state index in [1.807, 2.05) is 22.9 Å². The van der Waals surface area contributed by atoms with Gasteiger partial charge in [0, 0.05) is 45.4 Å². The van der Waals surface area contributed by atoms with E-state index in [4.69, 9.17) is 4.74 Å². The molecular formula is C17H28IN7O. The van der Waals surface area contributed by atoms with Crippen molar-refractivity contribution < 1.29 is 4.74 Å². The highest BCUT2D eigenvalue weighted by Gasteiger charge is 2.03. The van der Waals surface area contributed by atoms with Crippen LogP contribution in [0.2, 0.25) is 0 Å². The average Bonchev–Trinajstić information content (AvgIpc) is 3.11. The molecule has 9 heteroatoms. The first-order chi connectivity index (χ1) is 12.3. The van der Waals surface area contributed by atoms with Gasteiger partial charge in [-0.2, -0.15) is 0 Å². The lowest BCUT2D eigenvalue weighted by Crippen LogP contribution is -2.38. The normalized spacial score (nSPS) is 11.0. The number of nitrogens with zero attached hydrogens (tertiary/aromatic N) is 5. The van der Waals surface area contributed by atoms with Gasteiger partial charge in [-0.1, -0.05) is 19.9 Å². The molecular weight excluding hydrogens is 445 g/mol. The quantitative estimate of drug-likeness (QED) is 0.329. The van der Waals surface area contributed by atoms with E-state index < -0.39 is 0 Å². The number of rotatable bonds is 9. The highest BCUT2D eigenvalue weighted by Crippen LogP contribution is 2.07. The minimum absolute atomic E-state index is 0. The third-order valence-electron chi connectivity index (χ3n) is 3.59. The first-order valence-electron chi connectivity index (χ1n) is 8.65. The van der Waals surface area contributed by atoms with Gasteiger partial charge in [-0.25, -0.2) is 4.98 Å². The van der Waals surface area contributed by atoms with Crippen LogP contribution in [0.5, 0.6) is 5.88 Å².